The molecule has 0 N–H and O–H groups in total. The number of benzene rings is 2. The average molecular weight is 394 g/mol. The molecular weight excluding hydrogens is 362 g/mol. The molecule has 4 rings (SSSR count). The van der Waals surface area contributed by atoms with Crippen molar-refractivity contribution in [3.8, 4) is 0 Å². The lowest BCUT2D eigenvalue weighted by molar-refractivity contribution is 0.229. The summed E-state index contributed by atoms with van der Waals surface area (Å²) in [6.07, 6.45) is 0. The summed E-state index contributed by atoms with van der Waals surface area (Å²) in [5.41, 5.74) is 0.716. The van der Waals surface area contributed by atoms with E-state index in [1.807, 2.05) is 90.9 Å². The number of furan rings is 1. The molecule has 2 aromatic carbocycles. The van der Waals surface area contributed by atoms with Crippen LogP contribution in [-0.4, -0.2) is 15.0 Å². The van der Waals surface area contributed by atoms with Crippen LogP contribution >= 0.6 is 0 Å². The van der Waals surface area contributed by atoms with Gasteiger partial charge >= 0.3 is 0 Å². The van der Waals surface area contributed by atoms with Gasteiger partial charge in [-0.15, -0.1) is 5.10 Å². The Morgan fingerprint density at radius 2 is 1.59 bits per heavy atom. The Balaban J connectivity index is 0.000000707. The summed E-state index contributed by atoms with van der Waals surface area (Å²) in [5, 5.41) is 10.0. The lowest BCUT2D eigenvalue weighted by Gasteiger charge is -2.30. The molecule has 0 spiro atoms. The maximum atomic E-state index is 12.9. The predicted molar refractivity (Wildman–Crippen MR) is 120 cm³/mol. The van der Waals surface area contributed by atoms with Gasteiger partial charge in [0, 0.05) is 11.3 Å². The highest BCUT2D eigenvalue weighted by atomic mass is 16.3. The highest BCUT2D eigenvalue weighted by Gasteiger charge is 2.34. The molecule has 0 aliphatic carbocycles. The molecule has 154 valence electrons. The van der Waals surface area contributed by atoms with Crippen LogP contribution in [0.2, 0.25) is 0 Å². The molecule has 5 heteroatoms. The van der Waals surface area contributed by atoms with Crippen LogP contribution in [0.5, 0.6) is 0 Å². The Labute approximate surface area is 172 Å². The van der Waals surface area contributed by atoms with Gasteiger partial charge in [-0.1, -0.05) is 70.2 Å². The van der Waals surface area contributed by atoms with Gasteiger partial charge in [0.15, 0.2) is 0 Å². The number of nitrogens with zero attached hydrogens (tertiary/aromatic N) is 3. The Bertz CT molecular complexity index is 1090. The van der Waals surface area contributed by atoms with Crippen molar-refractivity contribution in [1.29, 1.82) is 0 Å². The van der Waals surface area contributed by atoms with Crippen molar-refractivity contribution >= 4 is 21.9 Å². The summed E-state index contributed by atoms with van der Waals surface area (Å²) in [7, 11) is 0. The lowest BCUT2D eigenvalue weighted by Crippen LogP contribution is -2.42. The zero-order valence-electron chi connectivity index (χ0n) is 18.4. The smallest absolute Gasteiger partial charge is 0.278 e. The fraction of sp³-hybridized carbons (Fsp3) is 0.375. The maximum absolute atomic E-state index is 12.9. The van der Waals surface area contributed by atoms with Crippen LogP contribution in [0.4, 0.5) is 0 Å². The van der Waals surface area contributed by atoms with E-state index < -0.39 is 5.54 Å². The first-order valence-corrected chi connectivity index (χ1v) is 10.3. The lowest BCUT2D eigenvalue weighted by atomic mass is 9.87. The summed E-state index contributed by atoms with van der Waals surface area (Å²) in [5.74, 6) is 0.765. The number of fused-ring (bicyclic) bond motifs is 2. The summed E-state index contributed by atoms with van der Waals surface area (Å²) >= 11 is 0. The predicted octanol–water partition coefficient (Wildman–Crippen LogP) is 6.13. The van der Waals surface area contributed by atoms with Gasteiger partial charge in [-0.05, 0) is 38.1 Å². The molecule has 0 amide bonds. The third kappa shape index (κ3) is 4.24. The van der Waals surface area contributed by atoms with Crippen molar-refractivity contribution in [2.45, 2.75) is 59.9 Å². The van der Waals surface area contributed by atoms with E-state index in [9.17, 15) is 4.79 Å². The first-order valence-electron chi connectivity index (χ1n) is 10.3. The minimum Gasteiger partial charge on any atom is -0.461 e. The van der Waals surface area contributed by atoms with E-state index in [2.05, 4.69) is 10.3 Å². The minimum atomic E-state index is -0.595. The largest absolute Gasteiger partial charge is 0.461 e. The Hall–Kier alpha value is -2.95. The van der Waals surface area contributed by atoms with Gasteiger partial charge in [-0.3, -0.25) is 4.79 Å². The highest BCUT2D eigenvalue weighted by molar-refractivity contribution is 5.78. The number of aromatic nitrogens is 3. The number of para-hydroxylation sites is 1. The normalized spacial score (nSPS) is 12.0. The van der Waals surface area contributed by atoms with Gasteiger partial charge in [-0.2, -0.15) is 0 Å². The third-order valence-corrected chi connectivity index (χ3v) is 5.05. The van der Waals surface area contributed by atoms with Crippen LogP contribution in [0.15, 0.2) is 63.8 Å². The van der Waals surface area contributed by atoms with Gasteiger partial charge in [0.25, 0.3) is 5.56 Å². The number of hydrogen-bond donors (Lipinski definition) is 0. The van der Waals surface area contributed by atoms with E-state index in [1.165, 1.54) is 4.68 Å². The number of hydrogen-bond acceptors (Lipinski definition) is 4. The molecule has 2 heterocycles. The summed E-state index contributed by atoms with van der Waals surface area (Å²) in [6, 6.07) is 17.2. The van der Waals surface area contributed by atoms with E-state index in [-0.39, 0.29) is 11.5 Å². The van der Waals surface area contributed by atoms with Gasteiger partial charge in [-0.25, -0.2) is 4.68 Å². The number of rotatable bonds is 3. The third-order valence-electron chi connectivity index (χ3n) is 5.05. The average Bonchev–Trinajstić information content (AvgIpc) is 3.20. The first kappa shape index (κ1) is 22.3. The standard InChI is InChI=1S/C20H19N3O2.2C2H6/c1-13(18-12-14-8-4-7-11-17(14)25-18)20(2,3)23-19(24)15-9-5-6-10-16(15)21-22-23;2*1-2/h4-13H,1-3H3;2*1-2H3. The van der Waals surface area contributed by atoms with Gasteiger partial charge in [0.05, 0.1) is 10.9 Å². The molecule has 1 atom stereocenters. The summed E-state index contributed by atoms with van der Waals surface area (Å²) in [6.45, 7) is 14.0. The van der Waals surface area contributed by atoms with Crippen molar-refractivity contribution in [2.24, 2.45) is 0 Å². The van der Waals surface area contributed by atoms with Crippen LogP contribution in [-0.2, 0) is 5.54 Å². The molecule has 29 heavy (non-hydrogen) atoms. The van der Waals surface area contributed by atoms with Crippen LogP contribution in [0.3, 0.4) is 0 Å². The molecule has 5 nitrogen and oxygen atoms in total. The van der Waals surface area contributed by atoms with Crippen LogP contribution in [0.25, 0.3) is 21.9 Å². The zero-order chi connectivity index (χ0) is 21.6. The molecular formula is C24H31N3O2. The van der Waals surface area contributed by atoms with Crippen molar-refractivity contribution < 1.29 is 4.42 Å². The van der Waals surface area contributed by atoms with E-state index in [0.717, 1.165) is 16.7 Å². The van der Waals surface area contributed by atoms with Gasteiger partial charge in [0.1, 0.15) is 16.9 Å². The second-order valence-electron chi connectivity index (χ2n) is 6.89. The van der Waals surface area contributed by atoms with Gasteiger partial charge < -0.3 is 4.42 Å². The quantitative estimate of drug-likeness (QED) is 0.420. The molecule has 0 aliphatic rings. The van der Waals surface area contributed by atoms with Crippen molar-refractivity contribution in [2.75, 3.05) is 0 Å². The Morgan fingerprint density at radius 1 is 0.966 bits per heavy atom. The minimum absolute atomic E-state index is 0.0620. The summed E-state index contributed by atoms with van der Waals surface area (Å²) < 4.78 is 7.47. The molecule has 2 aromatic heterocycles. The molecule has 1 unspecified atom stereocenters. The highest BCUT2D eigenvalue weighted by Crippen LogP contribution is 2.35. The van der Waals surface area contributed by atoms with E-state index in [0.29, 0.717) is 10.9 Å². The first-order chi connectivity index (χ1) is 14.0. The van der Waals surface area contributed by atoms with Crippen LogP contribution in [0, 0.1) is 0 Å². The fourth-order valence-corrected chi connectivity index (χ4v) is 3.11. The van der Waals surface area contributed by atoms with E-state index >= 15 is 0 Å². The monoisotopic (exact) mass is 393 g/mol. The fourth-order valence-electron chi connectivity index (χ4n) is 3.11. The summed E-state index contributed by atoms with van der Waals surface area (Å²) in [4.78, 5) is 12.9. The Kier molecular flexibility index (Phi) is 7.32. The van der Waals surface area contributed by atoms with Crippen molar-refractivity contribution in [3.05, 3.63) is 70.7 Å². The molecule has 0 saturated carbocycles. The molecule has 0 radical (unpaired) electrons. The maximum Gasteiger partial charge on any atom is 0.278 e. The molecule has 0 aliphatic heterocycles. The Morgan fingerprint density at radius 3 is 2.28 bits per heavy atom. The topological polar surface area (TPSA) is 60.9 Å². The SMILES string of the molecule is CC.CC.CC(c1cc2ccccc2o1)C(C)(C)n1nnc2ccccc2c1=O. The van der Waals surface area contributed by atoms with E-state index in [1.54, 1.807) is 12.1 Å². The second-order valence-corrected chi connectivity index (χ2v) is 6.89. The molecule has 0 bridgehead atoms. The van der Waals surface area contributed by atoms with Crippen LogP contribution < -0.4 is 5.56 Å². The zero-order valence-corrected chi connectivity index (χ0v) is 18.4. The van der Waals surface area contributed by atoms with E-state index in [4.69, 9.17) is 4.42 Å². The van der Waals surface area contributed by atoms with Crippen LogP contribution in [0.1, 0.15) is 60.1 Å². The van der Waals surface area contributed by atoms with Gasteiger partial charge in [0.2, 0.25) is 0 Å². The van der Waals surface area contributed by atoms with Crippen molar-refractivity contribution in [1.82, 2.24) is 15.0 Å². The molecule has 4 aromatic rings. The van der Waals surface area contributed by atoms with Crippen molar-refractivity contribution in [3.63, 3.8) is 0 Å². The molecule has 0 saturated heterocycles. The molecule has 0 fully saturated rings. The second kappa shape index (κ2) is 9.50.